The molecule has 3 aromatic rings. The number of hydrogen-bond acceptors (Lipinski definition) is 3. The first-order valence-corrected chi connectivity index (χ1v) is 7.54. The summed E-state index contributed by atoms with van der Waals surface area (Å²) in [5.74, 6) is 1.36. The van der Waals surface area contributed by atoms with E-state index in [1.165, 1.54) is 0 Å². The Labute approximate surface area is 134 Å². The molecule has 0 spiro atoms. The summed E-state index contributed by atoms with van der Waals surface area (Å²) in [5.41, 5.74) is 3.69. The van der Waals surface area contributed by atoms with Crippen LogP contribution in [0, 0.1) is 6.92 Å². The molecule has 0 aliphatic rings. The zero-order chi connectivity index (χ0) is 16.2. The second kappa shape index (κ2) is 6.52. The first-order valence-electron chi connectivity index (χ1n) is 7.54. The van der Waals surface area contributed by atoms with Crippen LogP contribution in [0.2, 0.25) is 0 Å². The van der Waals surface area contributed by atoms with Crippen molar-refractivity contribution in [1.29, 1.82) is 0 Å². The van der Waals surface area contributed by atoms with E-state index in [9.17, 15) is 4.79 Å². The van der Waals surface area contributed by atoms with Gasteiger partial charge in [0, 0.05) is 6.54 Å². The summed E-state index contributed by atoms with van der Waals surface area (Å²) in [4.78, 5) is 19.8. The van der Waals surface area contributed by atoms with Crippen LogP contribution >= 0.6 is 0 Å². The molecule has 0 radical (unpaired) electrons. The number of benzene rings is 2. The molecule has 1 amide bonds. The maximum atomic E-state index is 12.2. The van der Waals surface area contributed by atoms with E-state index < -0.39 is 0 Å². The minimum Gasteiger partial charge on any atom is -0.496 e. The quantitative estimate of drug-likeness (QED) is 0.761. The van der Waals surface area contributed by atoms with Crippen molar-refractivity contribution in [1.82, 2.24) is 15.3 Å². The highest BCUT2D eigenvalue weighted by molar-refractivity contribution is 5.96. The molecule has 118 valence electrons. The first kappa shape index (κ1) is 15.1. The molecule has 2 aromatic carbocycles. The predicted octanol–water partition coefficient (Wildman–Crippen LogP) is 2.85. The summed E-state index contributed by atoms with van der Waals surface area (Å²) in [7, 11) is 1.56. The molecule has 23 heavy (non-hydrogen) atoms. The molecule has 0 bridgehead atoms. The fraction of sp³-hybridized carbons (Fsp3) is 0.222. The first-order chi connectivity index (χ1) is 11.2. The Kier molecular flexibility index (Phi) is 4.28. The minimum absolute atomic E-state index is 0.124. The van der Waals surface area contributed by atoms with Gasteiger partial charge >= 0.3 is 0 Å². The largest absolute Gasteiger partial charge is 0.496 e. The molecule has 3 rings (SSSR count). The van der Waals surface area contributed by atoms with Crippen LogP contribution in [0.25, 0.3) is 11.0 Å². The molecule has 0 aliphatic carbocycles. The second-order valence-corrected chi connectivity index (χ2v) is 5.38. The number of fused-ring (bicyclic) bond motifs is 1. The number of aryl methyl sites for hydroxylation is 1. The Morgan fingerprint density at radius 3 is 2.91 bits per heavy atom. The van der Waals surface area contributed by atoms with E-state index in [1.54, 1.807) is 19.2 Å². The van der Waals surface area contributed by atoms with E-state index in [0.29, 0.717) is 17.9 Å². The lowest BCUT2D eigenvalue weighted by Crippen LogP contribution is -2.26. The molecule has 0 atom stereocenters. The third-order valence-corrected chi connectivity index (χ3v) is 3.72. The van der Waals surface area contributed by atoms with Crippen LogP contribution in [-0.4, -0.2) is 29.5 Å². The standard InChI is InChI=1S/C18H19N3O2/c1-12-20-15-8-7-13(11-16(15)21-12)9-10-19-18(22)14-5-3-4-6-17(14)23-2/h3-8,11H,9-10H2,1-2H3,(H,19,22)(H,20,21). The molecule has 5 heteroatoms. The highest BCUT2D eigenvalue weighted by Crippen LogP contribution is 2.17. The number of rotatable bonds is 5. The number of para-hydroxylation sites is 1. The van der Waals surface area contributed by atoms with Gasteiger partial charge in [-0.15, -0.1) is 0 Å². The van der Waals surface area contributed by atoms with Gasteiger partial charge in [0.2, 0.25) is 0 Å². The Morgan fingerprint density at radius 1 is 1.26 bits per heavy atom. The Bertz CT molecular complexity index is 839. The van der Waals surface area contributed by atoms with Crippen LogP contribution < -0.4 is 10.1 Å². The van der Waals surface area contributed by atoms with E-state index in [-0.39, 0.29) is 5.91 Å². The molecule has 2 N–H and O–H groups in total. The fourth-order valence-corrected chi connectivity index (χ4v) is 2.59. The van der Waals surface area contributed by atoms with Gasteiger partial charge in [0.15, 0.2) is 0 Å². The highest BCUT2D eigenvalue weighted by atomic mass is 16.5. The molecule has 0 saturated carbocycles. The van der Waals surface area contributed by atoms with Crippen molar-refractivity contribution in [2.45, 2.75) is 13.3 Å². The van der Waals surface area contributed by atoms with Crippen LogP contribution in [0.3, 0.4) is 0 Å². The zero-order valence-electron chi connectivity index (χ0n) is 13.2. The molecule has 0 fully saturated rings. The highest BCUT2D eigenvalue weighted by Gasteiger charge is 2.10. The molecular formula is C18H19N3O2. The number of amides is 1. The van der Waals surface area contributed by atoms with Crippen LogP contribution in [0.1, 0.15) is 21.7 Å². The molecule has 0 saturated heterocycles. The van der Waals surface area contributed by atoms with Crippen LogP contribution in [-0.2, 0) is 6.42 Å². The third kappa shape index (κ3) is 3.34. The van der Waals surface area contributed by atoms with Crippen molar-refractivity contribution in [3.8, 4) is 5.75 Å². The van der Waals surface area contributed by atoms with Crippen molar-refractivity contribution in [2.75, 3.05) is 13.7 Å². The number of carbonyl (C=O) groups excluding carboxylic acids is 1. The van der Waals surface area contributed by atoms with Gasteiger partial charge in [-0.25, -0.2) is 4.98 Å². The van der Waals surface area contributed by atoms with E-state index in [0.717, 1.165) is 28.8 Å². The Balaban J connectivity index is 1.62. The summed E-state index contributed by atoms with van der Waals surface area (Å²) in [5, 5.41) is 2.93. The van der Waals surface area contributed by atoms with Gasteiger partial charge in [-0.2, -0.15) is 0 Å². The lowest BCUT2D eigenvalue weighted by Gasteiger charge is -2.09. The number of methoxy groups -OCH3 is 1. The Morgan fingerprint density at radius 2 is 2.09 bits per heavy atom. The summed E-state index contributed by atoms with van der Waals surface area (Å²) >= 11 is 0. The van der Waals surface area contributed by atoms with Crippen molar-refractivity contribution in [2.24, 2.45) is 0 Å². The van der Waals surface area contributed by atoms with Crippen LogP contribution in [0.5, 0.6) is 5.75 Å². The van der Waals surface area contributed by atoms with Crippen LogP contribution in [0.4, 0.5) is 0 Å². The third-order valence-electron chi connectivity index (χ3n) is 3.72. The number of H-pyrrole nitrogens is 1. The molecule has 0 unspecified atom stereocenters. The van der Waals surface area contributed by atoms with Crippen molar-refractivity contribution in [3.05, 3.63) is 59.4 Å². The SMILES string of the molecule is COc1ccccc1C(=O)NCCc1ccc2nc(C)[nH]c2c1. The van der Waals surface area contributed by atoms with E-state index in [4.69, 9.17) is 4.74 Å². The normalized spacial score (nSPS) is 10.7. The van der Waals surface area contributed by atoms with E-state index in [1.807, 2.05) is 31.2 Å². The summed E-state index contributed by atoms with van der Waals surface area (Å²) in [6.07, 6.45) is 0.759. The topological polar surface area (TPSA) is 67.0 Å². The maximum absolute atomic E-state index is 12.2. The molecule has 1 heterocycles. The summed E-state index contributed by atoms with van der Waals surface area (Å²) < 4.78 is 5.21. The van der Waals surface area contributed by atoms with Gasteiger partial charge in [-0.05, 0) is 43.2 Å². The Hall–Kier alpha value is -2.82. The van der Waals surface area contributed by atoms with Crippen LogP contribution in [0.15, 0.2) is 42.5 Å². The number of carbonyl (C=O) groups is 1. The van der Waals surface area contributed by atoms with Gasteiger partial charge in [-0.3, -0.25) is 4.79 Å². The number of ether oxygens (including phenoxy) is 1. The monoisotopic (exact) mass is 309 g/mol. The molecule has 5 nitrogen and oxygen atoms in total. The van der Waals surface area contributed by atoms with E-state index >= 15 is 0 Å². The number of imidazole rings is 1. The molecular weight excluding hydrogens is 290 g/mol. The van der Waals surface area contributed by atoms with Gasteiger partial charge in [0.25, 0.3) is 5.91 Å². The second-order valence-electron chi connectivity index (χ2n) is 5.38. The van der Waals surface area contributed by atoms with E-state index in [2.05, 4.69) is 21.4 Å². The minimum atomic E-state index is -0.124. The number of aromatic nitrogens is 2. The van der Waals surface area contributed by atoms with Crippen molar-refractivity contribution >= 4 is 16.9 Å². The number of nitrogens with zero attached hydrogens (tertiary/aromatic N) is 1. The average molecular weight is 309 g/mol. The lowest BCUT2D eigenvalue weighted by molar-refractivity contribution is 0.0951. The number of hydrogen-bond donors (Lipinski definition) is 2. The number of aromatic amines is 1. The summed E-state index contributed by atoms with van der Waals surface area (Å²) in [6.45, 7) is 2.50. The maximum Gasteiger partial charge on any atom is 0.255 e. The van der Waals surface area contributed by atoms with Gasteiger partial charge in [0.05, 0.1) is 23.7 Å². The average Bonchev–Trinajstić information content (AvgIpc) is 2.94. The summed E-state index contributed by atoms with van der Waals surface area (Å²) in [6, 6.07) is 13.3. The van der Waals surface area contributed by atoms with Crippen molar-refractivity contribution in [3.63, 3.8) is 0 Å². The fourth-order valence-electron chi connectivity index (χ4n) is 2.59. The van der Waals surface area contributed by atoms with Gasteiger partial charge < -0.3 is 15.0 Å². The van der Waals surface area contributed by atoms with Crippen molar-refractivity contribution < 1.29 is 9.53 Å². The molecule has 0 aliphatic heterocycles. The number of nitrogens with one attached hydrogen (secondary N) is 2. The zero-order valence-corrected chi connectivity index (χ0v) is 13.2. The lowest BCUT2D eigenvalue weighted by atomic mass is 10.1. The smallest absolute Gasteiger partial charge is 0.255 e. The predicted molar refractivity (Wildman–Crippen MR) is 89.9 cm³/mol. The van der Waals surface area contributed by atoms with Gasteiger partial charge in [-0.1, -0.05) is 18.2 Å². The molecule has 1 aromatic heterocycles. The van der Waals surface area contributed by atoms with Gasteiger partial charge in [0.1, 0.15) is 11.6 Å².